The minimum atomic E-state index is 0.433. The number of aliphatic imine (C=N–C) groups is 1. The average molecular weight is 297 g/mol. The molecule has 0 saturated carbocycles. The highest BCUT2D eigenvalue weighted by Crippen LogP contribution is 2.27. The lowest BCUT2D eigenvalue weighted by Crippen LogP contribution is -2.31. The van der Waals surface area contributed by atoms with E-state index in [1.165, 1.54) is 29.9 Å². The van der Waals surface area contributed by atoms with Crippen LogP contribution in [0.5, 0.6) is 0 Å². The highest BCUT2D eigenvalue weighted by atomic mass is 32.2. The van der Waals surface area contributed by atoms with Crippen molar-refractivity contribution in [2.45, 2.75) is 52.1 Å². The molecule has 1 aromatic rings. The molecular formula is C15H24N2S2. The number of rotatable bonds is 5. The van der Waals surface area contributed by atoms with E-state index >= 15 is 0 Å². The van der Waals surface area contributed by atoms with Gasteiger partial charge in [0.15, 0.2) is 5.17 Å². The second-order valence-corrected chi connectivity index (χ2v) is 7.45. The number of hydrogen-bond acceptors (Lipinski definition) is 4. The molecule has 0 radical (unpaired) electrons. The molecule has 0 saturated heterocycles. The molecule has 0 spiro atoms. The third-order valence-electron chi connectivity index (χ3n) is 3.47. The summed E-state index contributed by atoms with van der Waals surface area (Å²) in [7, 11) is 0. The van der Waals surface area contributed by atoms with Gasteiger partial charge in [-0.05, 0) is 30.2 Å². The molecule has 1 aliphatic rings. The van der Waals surface area contributed by atoms with Crippen molar-refractivity contribution >= 4 is 28.3 Å². The lowest BCUT2D eigenvalue weighted by molar-refractivity contribution is 0.480. The minimum Gasteiger partial charge on any atom is -0.357 e. The maximum atomic E-state index is 4.89. The second-order valence-electron chi connectivity index (χ2n) is 5.38. The molecule has 1 aromatic heterocycles. The summed E-state index contributed by atoms with van der Waals surface area (Å²) in [5.74, 6) is 1.84. The zero-order chi connectivity index (χ0) is 13.7. The first-order valence-corrected chi connectivity index (χ1v) is 9.07. The standard InChI is InChI=1S/C15H24N2S2/c1-4-6-13(14-7-5-9-18-14)17-15-16-12(11(2)3)8-10-19-15/h5,7,9,11-13H,4,6,8,10H2,1-3H3,(H,16,17). The zero-order valence-electron chi connectivity index (χ0n) is 12.1. The van der Waals surface area contributed by atoms with Crippen molar-refractivity contribution in [3.05, 3.63) is 22.4 Å². The Balaban J connectivity index is 2.04. The van der Waals surface area contributed by atoms with Crippen LogP contribution in [0.4, 0.5) is 0 Å². The Kier molecular flexibility index (Phi) is 5.76. The van der Waals surface area contributed by atoms with Crippen molar-refractivity contribution in [1.82, 2.24) is 5.32 Å². The lowest BCUT2D eigenvalue weighted by Gasteiger charge is -2.26. The van der Waals surface area contributed by atoms with Crippen LogP contribution in [0.15, 0.2) is 22.5 Å². The Morgan fingerprint density at radius 2 is 2.32 bits per heavy atom. The third-order valence-corrected chi connectivity index (χ3v) is 5.39. The third kappa shape index (κ3) is 4.25. The van der Waals surface area contributed by atoms with Crippen LogP contribution in [-0.2, 0) is 0 Å². The van der Waals surface area contributed by atoms with Crippen LogP contribution < -0.4 is 5.32 Å². The predicted octanol–water partition coefficient (Wildman–Crippen LogP) is 4.70. The molecule has 0 aromatic carbocycles. The van der Waals surface area contributed by atoms with Gasteiger partial charge in [0.2, 0.25) is 0 Å². The molecule has 0 fully saturated rings. The van der Waals surface area contributed by atoms with E-state index in [0.29, 0.717) is 18.0 Å². The van der Waals surface area contributed by atoms with E-state index in [9.17, 15) is 0 Å². The van der Waals surface area contributed by atoms with Crippen LogP contribution in [0, 0.1) is 5.92 Å². The largest absolute Gasteiger partial charge is 0.357 e. The van der Waals surface area contributed by atoms with Crippen LogP contribution in [0.25, 0.3) is 0 Å². The van der Waals surface area contributed by atoms with E-state index in [4.69, 9.17) is 4.99 Å². The van der Waals surface area contributed by atoms with Crippen molar-refractivity contribution in [2.24, 2.45) is 10.9 Å². The summed E-state index contributed by atoms with van der Waals surface area (Å²) in [4.78, 5) is 6.31. The lowest BCUT2D eigenvalue weighted by atomic mass is 10.0. The molecule has 2 nitrogen and oxygen atoms in total. The second kappa shape index (κ2) is 7.34. The average Bonchev–Trinajstić information content (AvgIpc) is 2.92. The molecule has 0 bridgehead atoms. The van der Waals surface area contributed by atoms with Gasteiger partial charge in [0.1, 0.15) is 0 Å². The van der Waals surface area contributed by atoms with Gasteiger partial charge in [0.05, 0.1) is 12.1 Å². The molecule has 2 atom stereocenters. The van der Waals surface area contributed by atoms with Crippen LogP contribution >= 0.6 is 23.1 Å². The highest BCUT2D eigenvalue weighted by molar-refractivity contribution is 8.13. The Morgan fingerprint density at radius 1 is 1.47 bits per heavy atom. The van der Waals surface area contributed by atoms with Crippen molar-refractivity contribution in [3.63, 3.8) is 0 Å². The number of nitrogens with zero attached hydrogens (tertiary/aromatic N) is 1. The highest BCUT2D eigenvalue weighted by Gasteiger charge is 2.21. The van der Waals surface area contributed by atoms with E-state index in [1.54, 1.807) is 0 Å². The quantitative estimate of drug-likeness (QED) is 0.852. The first-order chi connectivity index (χ1) is 9.20. The van der Waals surface area contributed by atoms with E-state index in [2.05, 4.69) is 43.6 Å². The number of nitrogens with one attached hydrogen (secondary N) is 1. The molecular weight excluding hydrogens is 272 g/mol. The molecule has 2 heterocycles. The molecule has 2 rings (SSSR count). The minimum absolute atomic E-state index is 0.433. The summed E-state index contributed by atoms with van der Waals surface area (Å²) >= 11 is 3.72. The van der Waals surface area contributed by atoms with E-state index < -0.39 is 0 Å². The van der Waals surface area contributed by atoms with Gasteiger partial charge < -0.3 is 5.32 Å². The van der Waals surface area contributed by atoms with Gasteiger partial charge in [0.25, 0.3) is 0 Å². The zero-order valence-corrected chi connectivity index (χ0v) is 13.7. The monoisotopic (exact) mass is 296 g/mol. The van der Waals surface area contributed by atoms with Crippen molar-refractivity contribution < 1.29 is 0 Å². The summed E-state index contributed by atoms with van der Waals surface area (Å²) in [6.07, 6.45) is 3.58. The molecule has 106 valence electrons. The molecule has 0 amide bonds. The topological polar surface area (TPSA) is 24.4 Å². The van der Waals surface area contributed by atoms with Crippen LogP contribution in [0.1, 0.15) is 51.0 Å². The van der Waals surface area contributed by atoms with Crippen LogP contribution in [0.3, 0.4) is 0 Å². The normalized spacial score (nSPS) is 21.3. The van der Waals surface area contributed by atoms with Gasteiger partial charge in [-0.2, -0.15) is 0 Å². The Hall–Kier alpha value is -0.480. The molecule has 2 unspecified atom stereocenters. The van der Waals surface area contributed by atoms with Crippen molar-refractivity contribution in [3.8, 4) is 0 Å². The van der Waals surface area contributed by atoms with E-state index in [1.807, 2.05) is 23.1 Å². The smallest absolute Gasteiger partial charge is 0.157 e. The van der Waals surface area contributed by atoms with Gasteiger partial charge in [-0.15, -0.1) is 11.3 Å². The molecule has 19 heavy (non-hydrogen) atoms. The molecule has 1 aliphatic heterocycles. The Morgan fingerprint density at radius 3 is 2.95 bits per heavy atom. The fraction of sp³-hybridized carbons (Fsp3) is 0.667. The van der Waals surface area contributed by atoms with Crippen molar-refractivity contribution in [1.29, 1.82) is 0 Å². The summed E-state index contributed by atoms with van der Waals surface area (Å²) in [5.41, 5.74) is 0. The first-order valence-electron chi connectivity index (χ1n) is 7.21. The number of thioether (sulfide) groups is 1. The molecule has 0 aliphatic carbocycles. The number of amidine groups is 1. The maximum Gasteiger partial charge on any atom is 0.157 e. The van der Waals surface area contributed by atoms with Gasteiger partial charge in [-0.25, -0.2) is 0 Å². The first kappa shape index (κ1) is 14.9. The van der Waals surface area contributed by atoms with Crippen LogP contribution in [0.2, 0.25) is 0 Å². The number of hydrogen-bond donors (Lipinski definition) is 1. The SMILES string of the molecule is CCCC(NC1=NC(C(C)C)CCS1)c1cccs1. The fourth-order valence-electron chi connectivity index (χ4n) is 2.30. The van der Waals surface area contributed by atoms with Crippen molar-refractivity contribution in [2.75, 3.05) is 5.75 Å². The summed E-state index contributed by atoms with van der Waals surface area (Å²) < 4.78 is 0. The van der Waals surface area contributed by atoms with Gasteiger partial charge in [-0.1, -0.05) is 45.0 Å². The molecule has 4 heteroatoms. The maximum absolute atomic E-state index is 4.89. The van der Waals surface area contributed by atoms with Gasteiger partial charge >= 0.3 is 0 Å². The molecule has 1 N–H and O–H groups in total. The van der Waals surface area contributed by atoms with Gasteiger partial charge in [-0.3, -0.25) is 4.99 Å². The Bertz CT molecular complexity index is 398. The number of thiophene rings is 1. The van der Waals surface area contributed by atoms with E-state index in [-0.39, 0.29) is 0 Å². The van der Waals surface area contributed by atoms with Crippen LogP contribution in [-0.4, -0.2) is 17.0 Å². The summed E-state index contributed by atoms with van der Waals surface area (Å²) in [6, 6.07) is 5.29. The summed E-state index contributed by atoms with van der Waals surface area (Å²) in [6.45, 7) is 6.78. The fourth-order valence-corrected chi connectivity index (χ4v) is 4.10. The predicted molar refractivity (Wildman–Crippen MR) is 88.2 cm³/mol. The summed E-state index contributed by atoms with van der Waals surface area (Å²) in [5, 5.41) is 6.98. The van der Waals surface area contributed by atoms with E-state index in [0.717, 1.165) is 5.17 Å². The van der Waals surface area contributed by atoms with Gasteiger partial charge in [0, 0.05) is 10.6 Å². The Labute approximate surface area is 125 Å².